The van der Waals surface area contributed by atoms with Gasteiger partial charge < -0.3 is 9.47 Å². The third kappa shape index (κ3) is 2.84. The lowest BCUT2D eigenvalue weighted by molar-refractivity contribution is -0.152. The number of para-hydroxylation sites is 1. The number of cyclic esters (lactones) is 1. The van der Waals surface area contributed by atoms with Crippen LogP contribution in [0.4, 0.5) is 0 Å². The predicted molar refractivity (Wildman–Crippen MR) is 90.1 cm³/mol. The molecule has 0 aromatic heterocycles. The number of carbonyl (C=O) groups is 2. The van der Waals surface area contributed by atoms with Crippen LogP contribution in [0.25, 0.3) is 0 Å². The second-order valence-electron chi connectivity index (χ2n) is 6.42. The third-order valence-corrected chi connectivity index (χ3v) is 4.57. The molecule has 0 radical (unpaired) electrons. The van der Waals surface area contributed by atoms with Crippen molar-refractivity contribution >= 4 is 29.3 Å². The Hall–Kier alpha value is -2.14. The Bertz CT molecular complexity index is 783. The van der Waals surface area contributed by atoms with Crippen molar-refractivity contribution in [1.82, 2.24) is 0 Å². The number of hydrogen-bond donors (Lipinski definition) is 0. The van der Waals surface area contributed by atoms with Gasteiger partial charge in [-0.25, -0.2) is 4.79 Å². The molecule has 2 atom stereocenters. The van der Waals surface area contributed by atoms with Crippen LogP contribution < -0.4 is 4.74 Å². The van der Waals surface area contributed by atoms with Crippen LogP contribution in [0, 0.1) is 5.41 Å². The van der Waals surface area contributed by atoms with Crippen molar-refractivity contribution in [3.63, 3.8) is 0 Å². The van der Waals surface area contributed by atoms with Gasteiger partial charge in [0, 0.05) is 18.6 Å². The quantitative estimate of drug-likeness (QED) is 0.604. The van der Waals surface area contributed by atoms with Gasteiger partial charge in [0.1, 0.15) is 17.3 Å². The number of nitrogens with zero attached hydrogens (tertiary/aromatic N) is 1. The lowest BCUT2D eigenvalue weighted by Gasteiger charge is -2.36. The van der Waals surface area contributed by atoms with Crippen molar-refractivity contribution in [2.24, 2.45) is 10.4 Å². The van der Waals surface area contributed by atoms with Crippen LogP contribution in [0.5, 0.6) is 5.75 Å². The van der Waals surface area contributed by atoms with Crippen LogP contribution in [-0.4, -0.2) is 23.8 Å². The number of esters is 2. The number of halogens is 1. The summed E-state index contributed by atoms with van der Waals surface area (Å²) < 4.78 is 10.8. The standard InChI is InChI=1S/C18H18ClNO4/c1-10-9-18(3,15-13(20-10)8-11(2)23-16(15)21)17(22)24-14-7-5-4-6-12(14)19/h4-7,11H,8-9H2,1-3H3. The lowest BCUT2D eigenvalue weighted by Crippen LogP contribution is -2.43. The number of ether oxygens (including phenoxy) is 2. The fourth-order valence-electron chi connectivity index (χ4n) is 3.20. The zero-order chi connectivity index (χ0) is 17.5. The molecule has 2 aliphatic heterocycles. The summed E-state index contributed by atoms with van der Waals surface area (Å²) in [7, 11) is 0. The molecule has 1 aromatic carbocycles. The molecule has 0 saturated carbocycles. The second-order valence-corrected chi connectivity index (χ2v) is 6.82. The average Bonchev–Trinajstić information content (AvgIpc) is 2.47. The van der Waals surface area contributed by atoms with E-state index in [2.05, 4.69) is 4.99 Å². The van der Waals surface area contributed by atoms with Crippen LogP contribution in [0.3, 0.4) is 0 Å². The summed E-state index contributed by atoms with van der Waals surface area (Å²) in [5.41, 5.74) is 0.552. The zero-order valence-corrected chi connectivity index (χ0v) is 14.5. The Morgan fingerprint density at radius 1 is 1.42 bits per heavy atom. The third-order valence-electron chi connectivity index (χ3n) is 4.26. The molecule has 126 valence electrons. The summed E-state index contributed by atoms with van der Waals surface area (Å²) in [5, 5.41) is 0.338. The van der Waals surface area contributed by atoms with E-state index in [-0.39, 0.29) is 11.9 Å². The van der Waals surface area contributed by atoms with Gasteiger partial charge in [-0.3, -0.25) is 9.79 Å². The van der Waals surface area contributed by atoms with Gasteiger partial charge in [-0.1, -0.05) is 23.7 Å². The van der Waals surface area contributed by atoms with Crippen molar-refractivity contribution in [2.75, 3.05) is 0 Å². The normalized spacial score (nSPS) is 26.4. The van der Waals surface area contributed by atoms with E-state index >= 15 is 0 Å². The largest absolute Gasteiger partial charge is 0.459 e. The highest BCUT2D eigenvalue weighted by atomic mass is 35.5. The van der Waals surface area contributed by atoms with Gasteiger partial charge in [0.2, 0.25) is 0 Å². The fraction of sp³-hybridized carbons (Fsp3) is 0.389. The molecule has 2 heterocycles. The van der Waals surface area contributed by atoms with E-state index < -0.39 is 17.4 Å². The number of hydrogen-bond acceptors (Lipinski definition) is 5. The maximum absolute atomic E-state index is 12.9. The molecule has 0 amide bonds. The van der Waals surface area contributed by atoms with Crippen LogP contribution in [0.15, 0.2) is 40.5 Å². The van der Waals surface area contributed by atoms with Crippen molar-refractivity contribution in [2.45, 2.75) is 39.7 Å². The van der Waals surface area contributed by atoms with Crippen molar-refractivity contribution < 1.29 is 19.1 Å². The predicted octanol–water partition coefficient (Wildman–Crippen LogP) is 3.71. The Morgan fingerprint density at radius 2 is 2.12 bits per heavy atom. The molecule has 0 saturated heterocycles. The minimum absolute atomic E-state index is 0.255. The highest BCUT2D eigenvalue weighted by Crippen LogP contribution is 2.43. The molecule has 2 aliphatic rings. The minimum Gasteiger partial charge on any atom is -0.459 e. The van der Waals surface area contributed by atoms with Gasteiger partial charge in [0.15, 0.2) is 0 Å². The molecule has 1 aromatic rings. The SMILES string of the molecule is CC1=NC2=C(C(=O)OC(C)C2)C(C)(C(=O)Oc2ccccc2Cl)C1. The van der Waals surface area contributed by atoms with Gasteiger partial charge >= 0.3 is 11.9 Å². The maximum atomic E-state index is 12.9. The van der Waals surface area contributed by atoms with Crippen molar-refractivity contribution in [3.8, 4) is 5.75 Å². The highest BCUT2D eigenvalue weighted by molar-refractivity contribution is 6.32. The molecule has 5 nitrogen and oxygen atoms in total. The van der Waals surface area contributed by atoms with E-state index in [1.54, 1.807) is 38.1 Å². The summed E-state index contributed by atoms with van der Waals surface area (Å²) in [6.45, 7) is 5.34. The van der Waals surface area contributed by atoms with Gasteiger partial charge in [-0.05, 0) is 32.9 Å². The first-order valence-corrected chi connectivity index (χ1v) is 8.14. The first-order valence-electron chi connectivity index (χ1n) is 7.77. The van der Waals surface area contributed by atoms with E-state index in [9.17, 15) is 9.59 Å². The van der Waals surface area contributed by atoms with E-state index in [0.717, 1.165) is 5.71 Å². The van der Waals surface area contributed by atoms with Crippen molar-refractivity contribution in [3.05, 3.63) is 40.6 Å². The maximum Gasteiger partial charge on any atom is 0.337 e. The van der Waals surface area contributed by atoms with Crippen LogP contribution >= 0.6 is 11.6 Å². The Morgan fingerprint density at radius 3 is 2.83 bits per heavy atom. The van der Waals surface area contributed by atoms with Crippen LogP contribution in [-0.2, 0) is 14.3 Å². The first-order chi connectivity index (χ1) is 11.3. The number of rotatable bonds is 2. The smallest absolute Gasteiger partial charge is 0.337 e. The summed E-state index contributed by atoms with van der Waals surface area (Å²) in [4.78, 5) is 29.8. The molecule has 2 unspecified atom stereocenters. The molecule has 0 N–H and O–H groups in total. The molecule has 24 heavy (non-hydrogen) atoms. The zero-order valence-electron chi connectivity index (χ0n) is 13.8. The van der Waals surface area contributed by atoms with Crippen LogP contribution in [0.1, 0.15) is 33.6 Å². The molecular weight excluding hydrogens is 330 g/mol. The summed E-state index contributed by atoms with van der Waals surface area (Å²) in [6, 6.07) is 6.73. The van der Waals surface area contributed by atoms with Gasteiger partial charge in [0.25, 0.3) is 0 Å². The Labute approximate surface area is 145 Å². The molecule has 0 spiro atoms. The van der Waals surface area contributed by atoms with Crippen LogP contribution in [0.2, 0.25) is 5.02 Å². The second kappa shape index (κ2) is 6.06. The lowest BCUT2D eigenvalue weighted by atomic mass is 9.73. The number of aliphatic imine (C=N–C) groups is 1. The van der Waals surface area contributed by atoms with E-state index in [1.807, 2.05) is 6.92 Å². The van der Waals surface area contributed by atoms with Gasteiger partial charge in [-0.2, -0.15) is 0 Å². The average molecular weight is 348 g/mol. The van der Waals surface area contributed by atoms with Gasteiger partial charge in [0.05, 0.1) is 16.3 Å². The number of carbonyl (C=O) groups excluding carboxylic acids is 2. The van der Waals surface area contributed by atoms with E-state index in [4.69, 9.17) is 21.1 Å². The molecule has 6 heteroatoms. The van der Waals surface area contributed by atoms with E-state index in [1.165, 1.54) is 0 Å². The topological polar surface area (TPSA) is 65.0 Å². The summed E-state index contributed by atoms with van der Waals surface area (Å²) in [5.74, 6) is -0.771. The first kappa shape index (κ1) is 16.7. The summed E-state index contributed by atoms with van der Waals surface area (Å²) in [6.07, 6.45) is 0.543. The Balaban J connectivity index is 1.99. The van der Waals surface area contributed by atoms with Crippen molar-refractivity contribution in [1.29, 1.82) is 0 Å². The fourth-order valence-corrected chi connectivity index (χ4v) is 3.38. The molecule has 0 fully saturated rings. The molecule has 3 rings (SSSR count). The molecule has 0 aliphatic carbocycles. The van der Waals surface area contributed by atoms with Gasteiger partial charge in [-0.15, -0.1) is 0 Å². The minimum atomic E-state index is -1.14. The Kier molecular flexibility index (Phi) is 4.22. The molecule has 0 bridgehead atoms. The molecular formula is C18H18ClNO4. The summed E-state index contributed by atoms with van der Waals surface area (Å²) >= 11 is 6.06. The van der Waals surface area contributed by atoms with E-state index in [0.29, 0.717) is 29.1 Å². The number of benzene rings is 1. The monoisotopic (exact) mass is 347 g/mol. The highest BCUT2D eigenvalue weighted by Gasteiger charge is 2.49.